The molecule has 5 atom stereocenters. The first-order valence-corrected chi connectivity index (χ1v) is 15.9. The second-order valence-electron chi connectivity index (χ2n) is 13.1. The van der Waals surface area contributed by atoms with Crippen molar-refractivity contribution in [2.24, 2.45) is 5.92 Å². The van der Waals surface area contributed by atoms with Crippen LogP contribution in [-0.4, -0.2) is 81.1 Å². The Morgan fingerprint density at radius 3 is 1.77 bits per heavy atom. The van der Waals surface area contributed by atoms with E-state index in [9.17, 15) is 24.6 Å². The van der Waals surface area contributed by atoms with Gasteiger partial charge in [-0.05, 0) is 62.8 Å². The van der Waals surface area contributed by atoms with Crippen LogP contribution in [-0.2, 0) is 28.9 Å². The topological polar surface area (TPSA) is 153 Å². The zero-order chi connectivity index (χ0) is 34.6. The first-order chi connectivity index (χ1) is 22.2. The number of carbonyl (C=O) groups is 3. The summed E-state index contributed by atoms with van der Waals surface area (Å²) in [6, 6.07) is 20.6. The van der Waals surface area contributed by atoms with E-state index >= 15 is 0 Å². The molecule has 0 aliphatic rings. The third-order valence-corrected chi connectivity index (χ3v) is 7.50. The molecular weight excluding hydrogens is 598 g/mol. The summed E-state index contributed by atoms with van der Waals surface area (Å²) in [5, 5.41) is 31.7. The van der Waals surface area contributed by atoms with Crippen LogP contribution < -0.4 is 16.0 Å². The van der Waals surface area contributed by atoms with Crippen molar-refractivity contribution in [3.8, 4) is 0 Å². The first kappa shape index (κ1) is 37.0. The van der Waals surface area contributed by atoms with Gasteiger partial charge in [-0.25, -0.2) is 9.59 Å². The summed E-state index contributed by atoms with van der Waals surface area (Å²) in [5.74, 6) is -0.826. The highest BCUT2D eigenvalue weighted by molar-refractivity contribution is 5.87. The van der Waals surface area contributed by atoms with Gasteiger partial charge in [-0.15, -0.1) is 0 Å². The maximum Gasteiger partial charge on any atom is 0.407 e. The van der Waals surface area contributed by atoms with Gasteiger partial charge in [-0.2, -0.15) is 0 Å². The number of ether oxygens (including phenoxy) is 1. The van der Waals surface area contributed by atoms with Crippen molar-refractivity contribution in [3.05, 3.63) is 102 Å². The summed E-state index contributed by atoms with van der Waals surface area (Å²) in [4.78, 5) is 45.4. The van der Waals surface area contributed by atoms with Gasteiger partial charge in [0, 0.05) is 13.2 Å². The molecule has 1 heterocycles. The van der Waals surface area contributed by atoms with Gasteiger partial charge in [0.15, 0.2) is 0 Å². The number of amides is 4. The lowest BCUT2D eigenvalue weighted by Gasteiger charge is -2.34. The van der Waals surface area contributed by atoms with E-state index in [0.717, 1.165) is 11.1 Å². The van der Waals surface area contributed by atoms with Crippen LogP contribution in [0.4, 0.5) is 9.59 Å². The molecular formula is C36H49N5O6. The predicted molar refractivity (Wildman–Crippen MR) is 180 cm³/mol. The third kappa shape index (κ3) is 12.3. The lowest BCUT2D eigenvalue weighted by Crippen LogP contribution is -2.60. The zero-order valence-electron chi connectivity index (χ0n) is 28.1. The SMILES string of the molecule is CC(C)[C@H](NC(=O)N(C)Cc1ccccn1)C(=O)N[C@@H](Cc1ccccc1)[C@@H](O)[C@H](O)[C@H](Cc1ccccc1)NC(=O)OC(C)(C)C. The fourth-order valence-corrected chi connectivity index (χ4v) is 5.04. The molecule has 11 heteroatoms. The molecule has 3 rings (SSSR count). The number of aromatic nitrogens is 1. The molecule has 0 aliphatic carbocycles. The fourth-order valence-electron chi connectivity index (χ4n) is 5.04. The van der Waals surface area contributed by atoms with Crippen LogP contribution in [0, 0.1) is 5.92 Å². The molecule has 0 saturated carbocycles. The highest BCUT2D eigenvalue weighted by atomic mass is 16.6. The largest absolute Gasteiger partial charge is 0.444 e. The van der Waals surface area contributed by atoms with E-state index in [2.05, 4.69) is 20.9 Å². The van der Waals surface area contributed by atoms with E-state index in [4.69, 9.17) is 4.74 Å². The van der Waals surface area contributed by atoms with Crippen molar-refractivity contribution in [1.29, 1.82) is 0 Å². The maximum absolute atomic E-state index is 13.8. The molecule has 0 unspecified atom stereocenters. The summed E-state index contributed by atoms with van der Waals surface area (Å²) in [7, 11) is 1.61. The van der Waals surface area contributed by atoms with Crippen LogP contribution in [0.2, 0.25) is 0 Å². The van der Waals surface area contributed by atoms with E-state index in [-0.39, 0.29) is 25.3 Å². The summed E-state index contributed by atoms with van der Waals surface area (Å²) in [5.41, 5.74) is 1.54. The van der Waals surface area contributed by atoms with Crippen LogP contribution in [0.1, 0.15) is 51.4 Å². The van der Waals surface area contributed by atoms with Gasteiger partial charge < -0.3 is 35.8 Å². The number of nitrogens with zero attached hydrogens (tertiary/aromatic N) is 2. The van der Waals surface area contributed by atoms with Crippen molar-refractivity contribution in [1.82, 2.24) is 25.8 Å². The number of alkyl carbamates (subject to hydrolysis) is 1. The first-order valence-electron chi connectivity index (χ1n) is 15.9. The Kier molecular flexibility index (Phi) is 13.7. The smallest absolute Gasteiger partial charge is 0.407 e. The Morgan fingerprint density at radius 2 is 1.30 bits per heavy atom. The van der Waals surface area contributed by atoms with Crippen LogP contribution in [0.25, 0.3) is 0 Å². The van der Waals surface area contributed by atoms with Gasteiger partial charge in [0.2, 0.25) is 5.91 Å². The molecule has 3 aromatic rings. The highest BCUT2D eigenvalue weighted by Gasteiger charge is 2.37. The lowest BCUT2D eigenvalue weighted by molar-refractivity contribution is -0.126. The molecule has 2 aromatic carbocycles. The molecule has 0 aliphatic heterocycles. The number of urea groups is 1. The highest BCUT2D eigenvalue weighted by Crippen LogP contribution is 2.17. The molecule has 11 nitrogen and oxygen atoms in total. The average molecular weight is 648 g/mol. The maximum atomic E-state index is 13.8. The standard InChI is InChI=1S/C36H49N5O6/c1-24(2)30(40-34(45)41(6)23-27-19-13-14-20-37-27)33(44)38-28(21-25-15-9-7-10-16-25)31(42)32(43)29(22-26-17-11-8-12-18-26)39-35(46)47-36(3,4)5/h7-20,24,28-32,42-43H,21-23H2,1-6H3,(H,38,44)(H,39,46)(H,40,45)/t28-,29-,30-,31+,32+/m0/s1. The monoisotopic (exact) mass is 647 g/mol. The van der Waals surface area contributed by atoms with Crippen LogP contribution in [0.15, 0.2) is 85.1 Å². The molecule has 0 saturated heterocycles. The number of carbonyl (C=O) groups excluding carboxylic acids is 3. The summed E-state index contributed by atoms with van der Waals surface area (Å²) in [6.07, 6.45) is -1.76. The van der Waals surface area contributed by atoms with Gasteiger partial charge in [-0.1, -0.05) is 80.6 Å². The molecule has 0 spiro atoms. The van der Waals surface area contributed by atoms with Gasteiger partial charge in [-0.3, -0.25) is 9.78 Å². The Morgan fingerprint density at radius 1 is 0.787 bits per heavy atom. The Hall–Kier alpha value is -4.48. The lowest BCUT2D eigenvalue weighted by atomic mass is 9.90. The van der Waals surface area contributed by atoms with Gasteiger partial charge >= 0.3 is 12.1 Å². The Balaban J connectivity index is 1.83. The number of rotatable bonds is 14. The summed E-state index contributed by atoms with van der Waals surface area (Å²) in [6.45, 7) is 9.05. The van der Waals surface area contributed by atoms with Crippen molar-refractivity contribution in [2.75, 3.05) is 7.05 Å². The van der Waals surface area contributed by atoms with E-state index in [1.807, 2.05) is 66.7 Å². The molecule has 1 aromatic heterocycles. The molecule has 47 heavy (non-hydrogen) atoms. The van der Waals surface area contributed by atoms with Crippen molar-refractivity contribution < 1.29 is 29.3 Å². The van der Waals surface area contributed by atoms with Gasteiger partial charge in [0.25, 0.3) is 0 Å². The number of aliphatic hydroxyl groups excluding tert-OH is 2. The number of pyridine rings is 1. The second-order valence-corrected chi connectivity index (χ2v) is 13.1. The molecule has 0 bridgehead atoms. The number of benzene rings is 2. The number of nitrogens with one attached hydrogen (secondary N) is 3. The Bertz CT molecular complexity index is 1400. The second kappa shape index (κ2) is 17.4. The van der Waals surface area contributed by atoms with Crippen LogP contribution in [0.5, 0.6) is 0 Å². The van der Waals surface area contributed by atoms with Crippen molar-refractivity contribution in [3.63, 3.8) is 0 Å². The number of hydrogen-bond donors (Lipinski definition) is 5. The summed E-state index contributed by atoms with van der Waals surface area (Å²) < 4.78 is 5.45. The van der Waals surface area contributed by atoms with E-state index in [0.29, 0.717) is 5.69 Å². The molecule has 0 radical (unpaired) electrons. The minimum absolute atomic E-state index is 0.174. The van der Waals surface area contributed by atoms with Gasteiger partial charge in [0.05, 0.1) is 24.3 Å². The average Bonchev–Trinajstić information content (AvgIpc) is 3.02. The third-order valence-electron chi connectivity index (χ3n) is 7.50. The number of aliphatic hydroxyl groups is 2. The van der Waals surface area contributed by atoms with Crippen LogP contribution in [0.3, 0.4) is 0 Å². The minimum atomic E-state index is -1.52. The quantitative estimate of drug-likeness (QED) is 0.178. The molecule has 4 amide bonds. The van der Waals surface area contributed by atoms with Gasteiger partial charge in [0.1, 0.15) is 23.9 Å². The summed E-state index contributed by atoms with van der Waals surface area (Å²) >= 11 is 0. The zero-order valence-corrected chi connectivity index (χ0v) is 28.1. The predicted octanol–water partition coefficient (Wildman–Crippen LogP) is 3.83. The van der Waals surface area contributed by atoms with E-state index in [1.54, 1.807) is 60.0 Å². The molecule has 5 N–H and O–H groups in total. The van der Waals surface area contributed by atoms with Crippen molar-refractivity contribution >= 4 is 18.0 Å². The van der Waals surface area contributed by atoms with E-state index in [1.165, 1.54) is 4.90 Å². The molecule has 254 valence electrons. The van der Waals surface area contributed by atoms with E-state index < -0.39 is 54.0 Å². The number of hydrogen-bond acceptors (Lipinski definition) is 7. The fraction of sp³-hybridized carbons (Fsp3) is 0.444. The Labute approximate surface area is 277 Å². The molecule has 0 fully saturated rings. The van der Waals surface area contributed by atoms with Crippen LogP contribution >= 0.6 is 0 Å². The van der Waals surface area contributed by atoms with Crippen molar-refractivity contribution in [2.45, 2.75) is 89.9 Å². The normalized spacial score (nSPS) is 14.7. The minimum Gasteiger partial charge on any atom is -0.444 e.